The van der Waals surface area contributed by atoms with Crippen LogP contribution in [-0.2, 0) is 6.18 Å². The summed E-state index contributed by atoms with van der Waals surface area (Å²) >= 11 is 0. The molecule has 0 fully saturated rings. The average molecular weight is 507 g/mol. The number of hydrogen-bond donors (Lipinski definition) is 2. The van der Waals surface area contributed by atoms with Gasteiger partial charge in [0, 0.05) is 12.0 Å². The van der Waals surface area contributed by atoms with Crippen molar-refractivity contribution in [2.45, 2.75) is 18.6 Å². The summed E-state index contributed by atoms with van der Waals surface area (Å²) in [6.45, 7) is 0.925. The van der Waals surface area contributed by atoms with Crippen LogP contribution in [0.15, 0.2) is 53.5 Å². The fourth-order valence-corrected chi connectivity index (χ4v) is 2.81. The van der Waals surface area contributed by atoms with E-state index < -0.39 is 11.7 Å². The maximum absolute atomic E-state index is 12.7. The van der Waals surface area contributed by atoms with Crippen molar-refractivity contribution in [1.29, 1.82) is 0 Å². The van der Waals surface area contributed by atoms with Gasteiger partial charge in [-0.05, 0) is 24.3 Å². The molecule has 152 valence electrons. The number of para-hydroxylation sites is 1. The second kappa shape index (κ2) is 9.85. The SMILES string of the molecule is I.NC(=NCCOc1cccc(C(F)(F)F)c1)NC1CCOc2ccccc21. The molecule has 0 aromatic heterocycles. The third-order valence-electron chi connectivity index (χ3n) is 4.08. The first-order valence-electron chi connectivity index (χ1n) is 8.52. The number of alkyl halides is 3. The Labute approximate surface area is 178 Å². The number of aliphatic imine (C=N–C) groups is 1. The van der Waals surface area contributed by atoms with Crippen LogP contribution in [0.3, 0.4) is 0 Å². The number of benzene rings is 2. The van der Waals surface area contributed by atoms with Crippen molar-refractivity contribution < 1.29 is 22.6 Å². The van der Waals surface area contributed by atoms with Crippen LogP contribution in [0.4, 0.5) is 13.2 Å². The van der Waals surface area contributed by atoms with Crippen molar-refractivity contribution >= 4 is 29.9 Å². The average Bonchev–Trinajstić information content (AvgIpc) is 2.65. The number of nitrogens with one attached hydrogen (secondary N) is 1. The van der Waals surface area contributed by atoms with E-state index in [0.29, 0.717) is 6.61 Å². The Morgan fingerprint density at radius 3 is 2.79 bits per heavy atom. The predicted octanol–water partition coefficient (Wildman–Crippen LogP) is 4.13. The Balaban J connectivity index is 0.00000280. The molecule has 2 aromatic rings. The van der Waals surface area contributed by atoms with Gasteiger partial charge in [0.05, 0.1) is 24.8 Å². The highest BCUT2D eigenvalue weighted by atomic mass is 127. The van der Waals surface area contributed by atoms with Gasteiger partial charge in [-0.2, -0.15) is 13.2 Å². The molecule has 1 atom stereocenters. The van der Waals surface area contributed by atoms with Crippen LogP contribution in [0.25, 0.3) is 0 Å². The topological polar surface area (TPSA) is 68.9 Å². The number of hydrogen-bond acceptors (Lipinski definition) is 3. The molecule has 28 heavy (non-hydrogen) atoms. The van der Waals surface area contributed by atoms with Gasteiger partial charge in [-0.25, -0.2) is 4.99 Å². The van der Waals surface area contributed by atoms with E-state index in [0.717, 1.165) is 29.9 Å². The maximum Gasteiger partial charge on any atom is 0.416 e. The minimum absolute atomic E-state index is 0. The third-order valence-corrected chi connectivity index (χ3v) is 4.08. The van der Waals surface area contributed by atoms with Crippen molar-refractivity contribution in [3.05, 3.63) is 59.7 Å². The van der Waals surface area contributed by atoms with E-state index in [1.54, 1.807) is 0 Å². The zero-order chi connectivity index (χ0) is 19.3. The molecule has 1 unspecified atom stereocenters. The molecule has 0 radical (unpaired) electrons. The number of halogens is 4. The van der Waals surface area contributed by atoms with Crippen molar-refractivity contribution in [2.24, 2.45) is 10.7 Å². The molecule has 1 heterocycles. The van der Waals surface area contributed by atoms with Gasteiger partial charge in [0.1, 0.15) is 18.1 Å². The molecule has 2 aromatic carbocycles. The van der Waals surface area contributed by atoms with Gasteiger partial charge >= 0.3 is 6.18 Å². The van der Waals surface area contributed by atoms with E-state index >= 15 is 0 Å². The molecule has 3 rings (SSSR count). The van der Waals surface area contributed by atoms with Crippen LogP contribution >= 0.6 is 24.0 Å². The number of fused-ring (bicyclic) bond motifs is 1. The van der Waals surface area contributed by atoms with E-state index in [1.165, 1.54) is 12.1 Å². The molecule has 0 saturated heterocycles. The standard InChI is InChI=1S/C19H20F3N3O2.HI/c20-19(21,22)13-4-3-5-14(12-13)26-11-9-24-18(23)25-16-8-10-27-17-7-2-1-6-15(16)17;/h1-7,12,16H,8-11H2,(H3,23,24,25);1H. The Morgan fingerprint density at radius 1 is 1.21 bits per heavy atom. The summed E-state index contributed by atoms with van der Waals surface area (Å²) in [5, 5.41) is 3.15. The van der Waals surface area contributed by atoms with Crippen LogP contribution in [0, 0.1) is 0 Å². The van der Waals surface area contributed by atoms with Crippen LogP contribution < -0.4 is 20.5 Å². The molecule has 9 heteroatoms. The van der Waals surface area contributed by atoms with Crippen LogP contribution in [0.2, 0.25) is 0 Å². The first-order valence-corrected chi connectivity index (χ1v) is 8.52. The maximum atomic E-state index is 12.7. The van der Waals surface area contributed by atoms with Crippen LogP contribution in [-0.4, -0.2) is 25.7 Å². The normalized spacial score (nSPS) is 16.4. The highest BCUT2D eigenvalue weighted by Crippen LogP contribution is 2.32. The van der Waals surface area contributed by atoms with Crippen molar-refractivity contribution in [2.75, 3.05) is 19.8 Å². The van der Waals surface area contributed by atoms with Crippen molar-refractivity contribution in [3.63, 3.8) is 0 Å². The van der Waals surface area contributed by atoms with E-state index in [9.17, 15) is 13.2 Å². The van der Waals surface area contributed by atoms with Crippen molar-refractivity contribution in [1.82, 2.24) is 5.32 Å². The second-order valence-corrected chi connectivity index (χ2v) is 6.01. The first kappa shape index (κ1) is 22.1. The van der Waals surface area contributed by atoms with E-state index in [1.807, 2.05) is 24.3 Å². The minimum Gasteiger partial charge on any atom is -0.493 e. The van der Waals surface area contributed by atoms with Gasteiger partial charge in [-0.1, -0.05) is 24.3 Å². The Bertz CT molecular complexity index is 815. The van der Waals surface area contributed by atoms with Gasteiger partial charge in [0.2, 0.25) is 0 Å². The molecule has 0 bridgehead atoms. The monoisotopic (exact) mass is 507 g/mol. The van der Waals surface area contributed by atoms with E-state index in [-0.39, 0.29) is 54.9 Å². The number of nitrogens with two attached hydrogens (primary N) is 1. The molecule has 5 nitrogen and oxygen atoms in total. The van der Waals surface area contributed by atoms with Gasteiger partial charge in [-0.3, -0.25) is 0 Å². The largest absolute Gasteiger partial charge is 0.493 e. The summed E-state index contributed by atoms with van der Waals surface area (Å²) in [7, 11) is 0. The lowest BCUT2D eigenvalue weighted by Gasteiger charge is -2.26. The summed E-state index contributed by atoms with van der Waals surface area (Å²) in [4.78, 5) is 4.17. The molecule has 1 aliphatic heterocycles. The number of ether oxygens (including phenoxy) is 2. The first-order chi connectivity index (χ1) is 12.9. The highest BCUT2D eigenvalue weighted by Gasteiger charge is 2.30. The van der Waals surface area contributed by atoms with Crippen molar-refractivity contribution in [3.8, 4) is 11.5 Å². The molecule has 3 N–H and O–H groups in total. The molecular formula is C19H21F3IN3O2. The van der Waals surface area contributed by atoms with E-state index in [2.05, 4.69) is 10.3 Å². The van der Waals surface area contributed by atoms with Gasteiger partial charge in [-0.15, -0.1) is 24.0 Å². The lowest BCUT2D eigenvalue weighted by Crippen LogP contribution is -2.37. The van der Waals surface area contributed by atoms with Gasteiger partial charge in [0.25, 0.3) is 0 Å². The number of nitrogens with zero attached hydrogens (tertiary/aromatic N) is 1. The molecule has 0 amide bonds. The minimum atomic E-state index is -4.40. The van der Waals surface area contributed by atoms with Crippen LogP contribution in [0.5, 0.6) is 11.5 Å². The molecule has 0 spiro atoms. The summed E-state index contributed by atoms with van der Waals surface area (Å²) in [6.07, 6.45) is -3.64. The number of guanidine groups is 1. The smallest absolute Gasteiger partial charge is 0.416 e. The number of rotatable bonds is 5. The predicted molar refractivity (Wildman–Crippen MR) is 111 cm³/mol. The zero-order valence-corrected chi connectivity index (χ0v) is 17.2. The summed E-state index contributed by atoms with van der Waals surface area (Å²) in [5.41, 5.74) is 6.18. The molecule has 0 aliphatic carbocycles. The third kappa shape index (κ3) is 5.91. The van der Waals surface area contributed by atoms with E-state index in [4.69, 9.17) is 15.2 Å². The fraction of sp³-hybridized carbons (Fsp3) is 0.316. The Kier molecular flexibility index (Phi) is 7.78. The lowest BCUT2D eigenvalue weighted by molar-refractivity contribution is -0.137. The molecule has 1 aliphatic rings. The highest BCUT2D eigenvalue weighted by molar-refractivity contribution is 14.0. The molecular weight excluding hydrogens is 486 g/mol. The lowest BCUT2D eigenvalue weighted by atomic mass is 10.0. The zero-order valence-electron chi connectivity index (χ0n) is 14.9. The Hall–Kier alpha value is -2.17. The summed E-state index contributed by atoms with van der Waals surface area (Å²) in [5.74, 6) is 1.22. The summed E-state index contributed by atoms with van der Waals surface area (Å²) < 4.78 is 49.0. The van der Waals surface area contributed by atoms with Crippen LogP contribution in [0.1, 0.15) is 23.6 Å². The molecule has 0 saturated carbocycles. The second-order valence-electron chi connectivity index (χ2n) is 6.01. The van der Waals surface area contributed by atoms with Gasteiger partial charge in [0.15, 0.2) is 5.96 Å². The Morgan fingerprint density at radius 2 is 2.00 bits per heavy atom. The summed E-state index contributed by atoms with van der Waals surface area (Å²) in [6, 6.07) is 12.4. The quantitative estimate of drug-likeness (QED) is 0.277. The van der Waals surface area contributed by atoms with Gasteiger partial charge < -0.3 is 20.5 Å². The fourth-order valence-electron chi connectivity index (χ4n) is 2.81.